The third kappa shape index (κ3) is 5.58. The molecule has 46 heavy (non-hydrogen) atoms. The van der Waals surface area contributed by atoms with Gasteiger partial charge in [-0.1, -0.05) is 56.3 Å². The molecule has 0 saturated carbocycles. The second-order valence-electron chi connectivity index (χ2n) is 12.1. The molecule has 1 aromatic heterocycles. The molecule has 1 aliphatic heterocycles. The Balaban J connectivity index is 1.59. The van der Waals surface area contributed by atoms with Crippen LogP contribution in [0.25, 0.3) is 5.69 Å². The lowest BCUT2D eigenvalue weighted by Gasteiger charge is -2.43. The van der Waals surface area contributed by atoms with Crippen LogP contribution < -0.4 is 15.9 Å². The molecule has 0 amide bonds. The molecule has 234 valence electrons. The molecule has 3 N–H and O–H groups in total. The monoisotopic (exact) mass is 624 g/mol. The second-order valence-corrected chi connectivity index (χ2v) is 12.1. The number of alkyl halides is 3. The summed E-state index contributed by atoms with van der Waals surface area (Å²) in [6, 6.07) is 25.0. The number of nitriles is 1. The van der Waals surface area contributed by atoms with Crippen molar-refractivity contribution in [2.75, 3.05) is 5.43 Å². The van der Waals surface area contributed by atoms with Gasteiger partial charge in [-0.15, -0.1) is 0 Å². The number of hydrogen-bond donors (Lipinski definition) is 2. The number of hydrogen-bond acceptors (Lipinski definition) is 7. The number of ketones is 1. The van der Waals surface area contributed by atoms with Gasteiger partial charge in [0.05, 0.1) is 51.5 Å². The van der Waals surface area contributed by atoms with Crippen LogP contribution in [-0.4, -0.2) is 20.6 Å². The van der Waals surface area contributed by atoms with E-state index in [0.29, 0.717) is 40.3 Å². The van der Waals surface area contributed by atoms with Crippen molar-refractivity contribution in [3.63, 3.8) is 0 Å². The molecule has 1 unspecified atom stereocenters. The van der Waals surface area contributed by atoms with Gasteiger partial charge in [0.15, 0.2) is 5.78 Å². The van der Waals surface area contributed by atoms with Gasteiger partial charge in [-0.05, 0) is 61.2 Å². The predicted molar refractivity (Wildman–Crippen MR) is 166 cm³/mol. The van der Waals surface area contributed by atoms with Crippen LogP contribution >= 0.6 is 0 Å². The fraction of sp³-hybridized carbons (Fsp3) is 0.229. The average molecular weight is 625 g/mol. The van der Waals surface area contributed by atoms with Gasteiger partial charge in [0.25, 0.3) is 0 Å². The van der Waals surface area contributed by atoms with E-state index in [1.807, 2.05) is 50.2 Å². The molecule has 0 radical (unpaired) electrons. The lowest BCUT2D eigenvalue weighted by Crippen LogP contribution is -2.44. The summed E-state index contributed by atoms with van der Waals surface area (Å²) >= 11 is 0. The zero-order valence-corrected chi connectivity index (χ0v) is 25.4. The molecule has 8 nitrogen and oxygen atoms in total. The molecule has 2 aliphatic rings. The first-order chi connectivity index (χ1) is 21.9. The smallest absolute Gasteiger partial charge is 0.416 e. The van der Waals surface area contributed by atoms with Crippen LogP contribution in [-0.2, 0) is 11.0 Å². The van der Waals surface area contributed by atoms with Gasteiger partial charge in [-0.2, -0.15) is 23.5 Å². The highest BCUT2D eigenvalue weighted by molar-refractivity contribution is 6.00. The number of ether oxygens (including phenoxy) is 1. The first-order valence-corrected chi connectivity index (χ1v) is 14.7. The van der Waals surface area contributed by atoms with Crippen LogP contribution in [0.4, 0.5) is 18.9 Å². The number of anilines is 1. The molecule has 0 saturated heterocycles. The molecule has 11 heteroatoms. The zero-order valence-electron chi connectivity index (χ0n) is 25.4. The molecular formula is C35H31F3N6O2. The van der Waals surface area contributed by atoms with E-state index >= 15 is 0 Å². The predicted octanol–water partition coefficient (Wildman–Crippen LogP) is 7.76. The lowest BCUT2D eigenvalue weighted by atomic mass is 9.69. The normalized spacial score (nSPS) is 17.9. The van der Waals surface area contributed by atoms with Gasteiger partial charge < -0.3 is 10.5 Å². The van der Waals surface area contributed by atoms with E-state index in [2.05, 4.69) is 11.5 Å². The van der Waals surface area contributed by atoms with Gasteiger partial charge >= 0.3 is 6.18 Å². The molecule has 1 aliphatic carbocycles. The summed E-state index contributed by atoms with van der Waals surface area (Å²) in [5.74, 6) is -1.08. The Labute approximate surface area is 264 Å². The summed E-state index contributed by atoms with van der Waals surface area (Å²) in [5.41, 5.74) is 11.8. The van der Waals surface area contributed by atoms with Gasteiger partial charge in [-0.25, -0.2) is 9.69 Å². The summed E-state index contributed by atoms with van der Waals surface area (Å²) in [6.45, 7) is 5.70. The van der Waals surface area contributed by atoms with Crippen molar-refractivity contribution in [2.45, 2.75) is 45.7 Å². The molecule has 0 spiro atoms. The van der Waals surface area contributed by atoms with Crippen molar-refractivity contribution >= 4 is 11.5 Å². The number of carbonyl (C=O) groups is 1. The highest BCUT2D eigenvalue weighted by atomic mass is 19.4. The maximum Gasteiger partial charge on any atom is 0.416 e. The van der Waals surface area contributed by atoms with E-state index in [9.17, 15) is 23.2 Å². The Hall–Kier alpha value is -5.50. The van der Waals surface area contributed by atoms with Crippen molar-refractivity contribution in [1.82, 2.24) is 14.8 Å². The number of nitrogens with one attached hydrogen (secondary N) is 1. The van der Waals surface area contributed by atoms with E-state index in [1.54, 1.807) is 36.2 Å². The SMILES string of the molecule is Cc1nn(-c2ccccc2)c(Oc2cccc(C(F)(F)F)c2)c1C1C(C#N)=C(N)N(Nc2ccccc2)C2=C1C(=O)CC(C)(C)C2. The third-order valence-corrected chi connectivity index (χ3v) is 8.12. The van der Waals surface area contributed by atoms with Crippen LogP contribution in [0.5, 0.6) is 11.6 Å². The van der Waals surface area contributed by atoms with E-state index in [1.165, 1.54) is 16.8 Å². The maximum absolute atomic E-state index is 14.1. The number of halogens is 3. The molecule has 6 rings (SSSR count). The number of para-hydroxylation sites is 2. The average Bonchev–Trinajstić information content (AvgIpc) is 3.33. The number of nitrogens with two attached hydrogens (primary N) is 1. The number of Topliss-reactive ketones (excluding diaryl/α,β-unsaturated/α-hetero) is 1. The number of rotatable bonds is 6. The van der Waals surface area contributed by atoms with Gasteiger partial charge in [0.1, 0.15) is 11.6 Å². The fourth-order valence-corrected chi connectivity index (χ4v) is 6.11. The van der Waals surface area contributed by atoms with Crippen LogP contribution in [0, 0.1) is 23.7 Å². The first-order valence-electron chi connectivity index (χ1n) is 14.7. The molecule has 4 aromatic rings. The Bertz CT molecular complexity index is 1920. The van der Waals surface area contributed by atoms with Crippen LogP contribution in [0.2, 0.25) is 0 Å². The van der Waals surface area contributed by atoms with E-state index in [4.69, 9.17) is 15.6 Å². The number of nitrogens with zero attached hydrogens (tertiary/aromatic N) is 4. The van der Waals surface area contributed by atoms with Crippen molar-refractivity contribution in [1.29, 1.82) is 5.26 Å². The number of aromatic nitrogens is 2. The number of carbonyl (C=O) groups excluding carboxylic acids is 1. The van der Waals surface area contributed by atoms with Crippen LogP contribution in [0.1, 0.15) is 49.4 Å². The van der Waals surface area contributed by atoms with E-state index in [0.717, 1.165) is 12.1 Å². The summed E-state index contributed by atoms with van der Waals surface area (Å²) in [5, 5.41) is 16.9. The number of aryl methyl sites for hydroxylation is 1. The molecular weight excluding hydrogens is 593 g/mol. The van der Waals surface area contributed by atoms with Crippen molar-refractivity contribution in [3.05, 3.63) is 124 Å². The van der Waals surface area contributed by atoms with Crippen LogP contribution in [0.15, 0.2) is 108 Å². The topological polar surface area (TPSA) is 109 Å². The molecule has 2 heterocycles. The number of hydrazine groups is 1. The van der Waals surface area contributed by atoms with Crippen molar-refractivity contribution in [3.8, 4) is 23.4 Å². The standard InChI is InChI=1S/C35H31F3N6O2/c1-21-29(33(43(41-21)24-14-8-5-9-15-24)46-25-16-10-11-22(17-25)35(36,37)38)30-26(20-39)32(40)44(42-23-12-6-4-7-13-23)27-18-34(2,3)19-28(45)31(27)30/h4-17,30,42H,18-19,40H2,1-3H3. The minimum Gasteiger partial charge on any atom is -0.439 e. The fourth-order valence-electron chi connectivity index (χ4n) is 6.11. The largest absolute Gasteiger partial charge is 0.439 e. The first kappa shape index (κ1) is 30.5. The Morgan fingerprint density at radius 2 is 1.70 bits per heavy atom. The molecule has 1 atom stereocenters. The molecule has 0 bridgehead atoms. The lowest BCUT2D eigenvalue weighted by molar-refractivity contribution is -0.137. The van der Waals surface area contributed by atoms with Gasteiger partial charge in [0.2, 0.25) is 5.88 Å². The van der Waals surface area contributed by atoms with Crippen LogP contribution in [0.3, 0.4) is 0 Å². The van der Waals surface area contributed by atoms with Gasteiger partial charge in [-0.3, -0.25) is 10.2 Å². The summed E-state index contributed by atoms with van der Waals surface area (Å²) in [6.07, 6.45) is -3.92. The number of benzene rings is 3. The van der Waals surface area contributed by atoms with Crippen molar-refractivity contribution in [2.24, 2.45) is 11.1 Å². The Morgan fingerprint density at radius 1 is 1.02 bits per heavy atom. The maximum atomic E-state index is 14.1. The van der Waals surface area contributed by atoms with E-state index < -0.39 is 23.1 Å². The number of allylic oxidation sites excluding steroid dienone is 3. The van der Waals surface area contributed by atoms with Crippen molar-refractivity contribution < 1.29 is 22.7 Å². The Kier molecular flexibility index (Phi) is 7.60. The summed E-state index contributed by atoms with van der Waals surface area (Å²) in [7, 11) is 0. The quantitative estimate of drug-likeness (QED) is 0.226. The minimum absolute atomic E-state index is 0.0718. The highest BCUT2D eigenvalue weighted by Gasteiger charge is 2.47. The third-order valence-electron chi connectivity index (χ3n) is 8.12. The molecule has 3 aromatic carbocycles. The minimum atomic E-state index is -4.59. The second kappa shape index (κ2) is 11.5. The van der Waals surface area contributed by atoms with Gasteiger partial charge in [0, 0.05) is 12.0 Å². The summed E-state index contributed by atoms with van der Waals surface area (Å²) < 4.78 is 48.7. The van der Waals surface area contributed by atoms with E-state index in [-0.39, 0.29) is 35.2 Å². The summed E-state index contributed by atoms with van der Waals surface area (Å²) in [4.78, 5) is 14.1. The highest BCUT2D eigenvalue weighted by Crippen LogP contribution is 2.52. The zero-order chi connectivity index (χ0) is 32.8. The molecule has 0 fully saturated rings. The Morgan fingerprint density at radius 3 is 2.35 bits per heavy atom.